The van der Waals surface area contributed by atoms with Crippen LogP contribution in [0.2, 0.25) is 0 Å². The zero-order chi connectivity index (χ0) is 19.3. The molecule has 0 spiro atoms. The van der Waals surface area contributed by atoms with E-state index >= 15 is 0 Å². The molecule has 1 aliphatic heterocycles. The number of fused-ring (bicyclic) bond motifs is 1. The van der Waals surface area contributed by atoms with Crippen LogP contribution in [0.15, 0.2) is 83.3 Å². The summed E-state index contributed by atoms with van der Waals surface area (Å²) in [5.41, 5.74) is 4.51. The molecule has 2 atom stereocenters. The van der Waals surface area contributed by atoms with Gasteiger partial charge in [-0.1, -0.05) is 82.7 Å². The van der Waals surface area contributed by atoms with E-state index < -0.39 is 0 Å². The van der Waals surface area contributed by atoms with Crippen LogP contribution in [0.25, 0.3) is 0 Å². The summed E-state index contributed by atoms with van der Waals surface area (Å²) < 4.78 is 6.93. The van der Waals surface area contributed by atoms with Gasteiger partial charge >= 0.3 is 0 Å². The Balaban J connectivity index is 1.54. The van der Waals surface area contributed by atoms with Gasteiger partial charge in [-0.2, -0.15) is 0 Å². The molecular formula is C24H22BrNO2. The highest BCUT2D eigenvalue weighted by atomic mass is 79.9. The molecule has 0 aliphatic carbocycles. The van der Waals surface area contributed by atoms with Crippen LogP contribution in [0.1, 0.15) is 40.8 Å². The van der Waals surface area contributed by atoms with Crippen molar-refractivity contribution < 1.29 is 9.53 Å². The van der Waals surface area contributed by atoms with Crippen molar-refractivity contribution in [1.82, 2.24) is 5.32 Å². The van der Waals surface area contributed by atoms with Gasteiger partial charge in [0.15, 0.2) is 0 Å². The van der Waals surface area contributed by atoms with Gasteiger partial charge in [0, 0.05) is 4.47 Å². The number of hydrogen-bond donors (Lipinski definition) is 1. The number of rotatable bonds is 5. The van der Waals surface area contributed by atoms with Crippen molar-refractivity contribution in [3.05, 3.63) is 106 Å². The minimum Gasteiger partial charge on any atom is -0.373 e. The molecule has 4 rings (SSSR count). The molecule has 1 amide bonds. The highest BCUT2D eigenvalue weighted by Crippen LogP contribution is 2.30. The van der Waals surface area contributed by atoms with E-state index in [-0.39, 0.29) is 18.1 Å². The third-order valence-electron chi connectivity index (χ3n) is 5.10. The molecule has 3 aromatic rings. The van der Waals surface area contributed by atoms with Crippen molar-refractivity contribution in [2.75, 3.05) is 6.61 Å². The van der Waals surface area contributed by atoms with Gasteiger partial charge in [0.05, 0.1) is 25.2 Å². The average Bonchev–Trinajstić information content (AvgIpc) is 2.74. The quantitative estimate of drug-likeness (QED) is 0.585. The standard InChI is InChI=1S/C24H22BrNO2/c25-20-12-10-19(11-13-20)24(18-7-2-1-3-8-18)26-23(27)16-22-21-9-5-4-6-17(21)14-15-28-22/h1-13,22,24H,14-16H2,(H,26,27). The number of halogens is 1. The third-order valence-corrected chi connectivity index (χ3v) is 5.63. The van der Waals surface area contributed by atoms with Crippen LogP contribution in [-0.2, 0) is 16.0 Å². The first-order chi connectivity index (χ1) is 13.7. The summed E-state index contributed by atoms with van der Waals surface area (Å²) in [5.74, 6) is -0.0153. The summed E-state index contributed by atoms with van der Waals surface area (Å²) in [7, 11) is 0. The number of ether oxygens (including phenoxy) is 1. The number of carbonyl (C=O) groups excluding carboxylic acids is 1. The van der Waals surface area contributed by atoms with Crippen LogP contribution >= 0.6 is 15.9 Å². The van der Waals surface area contributed by atoms with Gasteiger partial charge in [0.1, 0.15) is 0 Å². The second-order valence-corrected chi connectivity index (χ2v) is 7.89. The summed E-state index contributed by atoms with van der Waals surface area (Å²) in [6, 6.07) is 26.2. The lowest BCUT2D eigenvalue weighted by Gasteiger charge is -2.27. The molecule has 4 heteroatoms. The maximum Gasteiger partial charge on any atom is 0.223 e. The summed E-state index contributed by atoms with van der Waals surface area (Å²) in [6.45, 7) is 0.657. The molecule has 0 saturated heterocycles. The fraction of sp³-hybridized carbons (Fsp3) is 0.208. The van der Waals surface area contributed by atoms with E-state index in [1.807, 2.05) is 66.7 Å². The molecule has 3 aromatic carbocycles. The Morgan fingerprint density at radius 1 is 0.964 bits per heavy atom. The highest BCUT2D eigenvalue weighted by molar-refractivity contribution is 9.10. The molecule has 1 heterocycles. The molecule has 0 bridgehead atoms. The van der Waals surface area contributed by atoms with Gasteiger partial charge in [-0.05, 0) is 40.8 Å². The number of hydrogen-bond acceptors (Lipinski definition) is 2. The number of amides is 1. The number of nitrogens with one attached hydrogen (secondary N) is 1. The first-order valence-corrected chi connectivity index (χ1v) is 10.3. The maximum absolute atomic E-state index is 12.9. The predicted octanol–water partition coefficient (Wildman–Crippen LogP) is 5.36. The summed E-state index contributed by atoms with van der Waals surface area (Å²) in [4.78, 5) is 12.9. The van der Waals surface area contributed by atoms with Crippen molar-refractivity contribution >= 4 is 21.8 Å². The van der Waals surface area contributed by atoms with Crippen molar-refractivity contribution in [1.29, 1.82) is 0 Å². The lowest BCUT2D eigenvalue weighted by Crippen LogP contribution is -2.31. The van der Waals surface area contributed by atoms with Crippen LogP contribution in [0, 0.1) is 0 Å². The summed E-state index contributed by atoms with van der Waals surface area (Å²) in [6.07, 6.45) is 1.03. The molecule has 1 N–H and O–H groups in total. The van der Waals surface area contributed by atoms with Crippen LogP contribution in [0.5, 0.6) is 0 Å². The molecule has 142 valence electrons. The lowest BCUT2D eigenvalue weighted by atomic mass is 9.95. The highest BCUT2D eigenvalue weighted by Gasteiger charge is 2.25. The molecule has 0 radical (unpaired) electrons. The predicted molar refractivity (Wildman–Crippen MR) is 114 cm³/mol. The summed E-state index contributed by atoms with van der Waals surface area (Å²) in [5, 5.41) is 3.21. The Labute approximate surface area is 173 Å². The third kappa shape index (κ3) is 4.34. The van der Waals surface area contributed by atoms with E-state index in [4.69, 9.17) is 4.74 Å². The molecule has 28 heavy (non-hydrogen) atoms. The topological polar surface area (TPSA) is 38.3 Å². The Kier molecular flexibility index (Phi) is 5.89. The smallest absolute Gasteiger partial charge is 0.223 e. The number of carbonyl (C=O) groups is 1. The van der Waals surface area contributed by atoms with Crippen LogP contribution in [-0.4, -0.2) is 12.5 Å². The SMILES string of the molecule is O=C(CC1OCCc2ccccc21)NC(c1ccccc1)c1ccc(Br)cc1. The van der Waals surface area contributed by atoms with E-state index in [0.717, 1.165) is 27.6 Å². The van der Waals surface area contributed by atoms with Gasteiger partial charge in [-0.25, -0.2) is 0 Å². The largest absolute Gasteiger partial charge is 0.373 e. The van der Waals surface area contributed by atoms with Crippen LogP contribution in [0.3, 0.4) is 0 Å². The molecule has 0 saturated carbocycles. The molecular weight excluding hydrogens is 414 g/mol. The van der Waals surface area contributed by atoms with Crippen LogP contribution in [0.4, 0.5) is 0 Å². The monoisotopic (exact) mass is 435 g/mol. The summed E-state index contributed by atoms with van der Waals surface area (Å²) >= 11 is 3.48. The van der Waals surface area contributed by atoms with E-state index in [2.05, 4.69) is 33.4 Å². The van der Waals surface area contributed by atoms with Crippen LogP contribution < -0.4 is 5.32 Å². The maximum atomic E-state index is 12.9. The second kappa shape index (κ2) is 8.72. The fourth-order valence-corrected chi connectivity index (χ4v) is 3.96. The number of benzene rings is 3. The van der Waals surface area contributed by atoms with Crippen molar-refractivity contribution in [2.45, 2.75) is 25.0 Å². The Hall–Kier alpha value is -2.43. The van der Waals surface area contributed by atoms with Crippen molar-refractivity contribution in [3.8, 4) is 0 Å². The second-order valence-electron chi connectivity index (χ2n) is 6.98. The minimum atomic E-state index is -0.194. The Morgan fingerprint density at radius 2 is 1.64 bits per heavy atom. The lowest BCUT2D eigenvalue weighted by molar-refractivity contribution is -0.124. The average molecular weight is 436 g/mol. The van der Waals surface area contributed by atoms with E-state index in [1.54, 1.807) is 0 Å². The van der Waals surface area contributed by atoms with Gasteiger partial charge in [0.2, 0.25) is 5.91 Å². The minimum absolute atomic E-state index is 0.0153. The van der Waals surface area contributed by atoms with Gasteiger partial charge in [-0.3, -0.25) is 4.79 Å². The van der Waals surface area contributed by atoms with Gasteiger partial charge in [-0.15, -0.1) is 0 Å². The van der Waals surface area contributed by atoms with E-state index in [9.17, 15) is 4.79 Å². The van der Waals surface area contributed by atoms with E-state index in [0.29, 0.717) is 13.0 Å². The fourth-order valence-electron chi connectivity index (χ4n) is 3.69. The van der Waals surface area contributed by atoms with E-state index in [1.165, 1.54) is 5.56 Å². The van der Waals surface area contributed by atoms with Crippen molar-refractivity contribution in [2.24, 2.45) is 0 Å². The first-order valence-electron chi connectivity index (χ1n) is 9.50. The van der Waals surface area contributed by atoms with Gasteiger partial charge < -0.3 is 10.1 Å². The van der Waals surface area contributed by atoms with Crippen molar-refractivity contribution in [3.63, 3.8) is 0 Å². The van der Waals surface area contributed by atoms with Gasteiger partial charge in [0.25, 0.3) is 0 Å². The molecule has 0 aromatic heterocycles. The molecule has 0 fully saturated rings. The molecule has 2 unspecified atom stereocenters. The Morgan fingerprint density at radius 3 is 2.43 bits per heavy atom. The zero-order valence-electron chi connectivity index (χ0n) is 15.5. The molecule has 1 aliphatic rings. The molecule has 3 nitrogen and oxygen atoms in total. The normalized spacial score (nSPS) is 16.8. The zero-order valence-corrected chi connectivity index (χ0v) is 17.1. The Bertz CT molecular complexity index is 940. The first kappa shape index (κ1) is 18.9.